The van der Waals surface area contributed by atoms with Gasteiger partial charge in [0.2, 0.25) is 0 Å². The predicted molar refractivity (Wildman–Crippen MR) is 86.0 cm³/mol. The molecule has 108 valence electrons. The van der Waals surface area contributed by atoms with Crippen LogP contribution in [0.3, 0.4) is 0 Å². The second kappa shape index (κ2) is 5.92. The van der Waals surface area contributed by atoms with Gasteiger partial charge in [0.25, 0.3) is 0 Å². The summed E-state index contributed by atoms with van der Waals surface area (Å²) in [6.45, 7) is 4.71. The molecule has 0 aliphatic rings. The molecule has 4 heteroatoms. The number of halogens is 1. The van der Waals surface area contributed by atoms with Crippen molar-refractivity contribution in [1.82, 2.24) is 10.3 Å². The van der Waals surface area contributed by atoms with Crippen LogP contribution < -0.4 is 5.32 Å². The maximum absolute atomic E-state index is 13.7. The molecule has 0 radical (unpaired) electrons. The number of benzene rings is 2. The van der Waals surface area contributed by atoms with Gasteiger partial charge in [0.05, 0.1) is 15.2 Å². The molecule has 2 aromatic carbocycles. The van der Waals surface area contributed by atoms with Gasteiger partial charge in [-0.3, -0.25) is 0 Å². The predicted octanol–water partition coefficient (Wildman–Crippen LogP) is 4.59. The largest absolute Gasteiger partial charge is 0.306 e. The summed E-state index contributed by atoms with van der Waals surface area (Å²) in [6, 6.07) is 13.1. The number of aryl methyl sites for hydroxylation is 1. The van der Waals surface area contributed by atoms with E-state index in [-0.39, 0.29) is 11.9 Å². The minimum atomic E-state index is -0.161. The van der Waals surface area contributed by atoms with E-state index in [1.807, 2.05) is 32.0 Å². The minimum Gasteiger partial charge on any atom is -0.306 e. The first-order chi connectivity index (χ1) is 10.1. The summed E-state index contributed by atoms with van der Waals surface area (Å²) in [4.78, 5) is 4.46. The minimum absolute atomic E-state index is 0.0231. The lowest BCUT2D eigenvalue weighted by Gasteiger charge is -2.15. The average Bonchev–Trinajstić information content (AvgIpc) is 2.84. The third kappa shape index (κ3) is 3.12. The Morgan fingerprint density at radius 2 is 2.05 bits per heavy atom. The van der Waals surface area contributed by atoms with Crippen molar-refractivity contribution in [3.63, 3.8) is 0 Å². The number of aromatic nitrogens is 1. The van der Waals surface area contributed by atoms with Crippen LogP contribution in [0.5, 0.6) is 0 Å². The van der Waals surface area contributed by atoms with E-state index in [9.17, 15) is 4.39 Å². The van der Waals surface area contributed by atoms with Crippen molar-refractivity contribution in [2.24, 2.45) is 0 Å². The van der Waals surface area contributed by atoms with Crippen LogP contribution in [0.15, 0.2) is 42.5 Å². The smallest absolute Gasteiger partial charge is 0.127 e. The Hall–Kier alpha value is -1.78. The summed E-state index contributed by atoms with van der Waals surface area (Å²) in [5.74, 6) is -0.161. The molecule has 0 saturated carbocycles. The molecular weight excluding hydrogens is 283 g/mol. The first-order valence-corrected chi connectivity index (χ1v) is 7.79. The molecule has 2 nitrogen and oxygen atoms in total. The highest BCUT2D eigenvalue weighted by atomic mass is 32.1. The highest BCUT2D eigenvalue weighted by Gasteiger charge is 2.10. The molecule has 0 amide bonds. The van der Waals surface area contributed by atoms with E-state index in [2.05, 4.69) is 22.4 Å². The van der Waals surface area contributed by atoms with Crippen molar-refractivity contribution in [2.75, 3.05) is 0 Å². The van der Waals surface area contributed by atoms with Crippen LogP contribution in [0.1, 0.15) is 29.1 Å². The van der Waals surface area contributed by atoms with Gasteiger partial charge in [0, 0.05) is 18.2 Å². The normalized spacial score (nSPS) is 12.7. The van der Waals surface area contributed by atoms with E-state index in [1.165, 1.54) is 16.3 Å². The van der Waals surface area contributed by atoms with Gasteiger partial charge in [-0.1, -0.05) is 24.3 Å². The quantitative estimate of drug-likeness (QED) is 0.762. The van der Waals surface area contributed by atoms with Crippen molar-refractivity contribution >= 4 is 21.6 Å². The summed E-state index contributed by atoms with van der Waals surface area (Å²) in [6.07, 6.45) is 0. The lowest BCUT2D eigenvalue weighted by molar-refractivity contribution is 0.528. The van der Waals surface area contributed by atoms with E-state index in [1.54, 1.807) is 17.4 Å². The zero-order valence-electron chi connectivity index (χ0n) is 12.1. The van der Waals surface area contributed by atoms with Crippen LogP contribution in [0.4, 0.5) is 4.39 Å². The first-order valence-electron chi connectivity index (χ1n) is 6.97. The Morgan fingerprint density at radius 1 is 1.24 bits per heavy atom. The number of thiazole rings is 1. The highest BCUT2D eigenvalue weighted by molar-refractivity contribution is 7.18. The van der Waals surface area contributed by atoms with Crippen molar-refractivity contribution in [1.29, 1.82) is 0 Å². The molecule has 1 aromatic heterocycles. The number of hydrogen-bond acceptors (Lipinski definition) is 3. The van der Waals surface area contributed by atoms with Crippen molar-refractivity contribution < 1.29 is 4.39 Å². The number of fused-ring (bicyclic) bond motifs is 1. The first kappa shape index (κ1) is 14.2. The van der Waals surface area contributed by atoms with Crippen LogP contribution in [0.2, 0.25) is 0 Å². The maximum atomic E-state index is 13.7. The van der Waals surface area contributed by atoms with Gasteiger partial charge < -0.3 is 5.32 Å². The molecule has 0 saturated heterocycles. The third-order valence-corrected chi connectivity index (χ3v) is 4.48. The Kier molecular flexibility index (Phi) is 3.99. The fourth-order valence-corrected chi connectivity index (χ4v) is 3.29. The zero-order valence-corrected chi connectivity index (χ0v) is 12.9. The molecule has 0 bridgehead atoms. The van der Waals surface area contributed by atoms with Crippen LogP contribution in [-0.2, 0) is 6.54 Å². The standard InChI is InChI=1S/C17H17FN2S/c1-11(14-5-3-4-6-15(14)18)19-10-13-7-8-16-17(9-13)21-12(2)20-16/h3-9,11,19H,10H2,1-2H3/t11-/m1/s1. The summed E-state index contributed by atoms with van der Waals surface area (Å²) in [5.41, 5.74) is 2.94. The Bertz CT molecular complexity index is 766. The Balaban J connectivity index is 1.72. The molecule has 1 atom stereocenters. The van der Waals surface area contributed by atoms with Gasteiger partial charge in [-0.05, 0) is 37.6 Å². The van der Waals surface area contributed by atoms with E-state index in [0.717, 1.165) is 10.5 Å². The number of nitrogens with zero attached hydrogens (tertiary/aromatic N) is 1. The number of hydrogen-bond donors (Lipinski definition) is 1. The van der Waals surface area contributed by atoms with Crippen LogP contribution in [-0.4, -0.2) is 4.98 Å². The molecule has 0 aliphatic carbocycles. The highest BCUT2D eigenvalue weighted by Crippen LogP contribution is 2.23. The number of nitrogens with one attached hydrogen (secondary N) is 1. The second-order valence-electron chi connectivity index (χ2n) is 5.16. The lowest BCUT2D eigenvalue weighted by atomic mass is 10.1. The lowest BCUT2D eigenvalue weighted by Crippen LogP contribution is -2.19. The average molecular weight is 300 g/mol. The molecular formula is C17H17FN2S. The topological polar surface area (TPSA) is 24.9 Å². The van der Waals surface area contributed by atoms with Crippen LogP contribution >= 0.6 is 11.3 Å². The molecule has 3 rings (SSSR count). The van der Waals surface area contributed by atoms with E-state index in [0.29, 0.717) is 12.1 Å². The number of rotatable bonds is 4. The van der Waals surface area contributed by atoms with Crippen molar-refractivity contribution in [2.45, 2.75) is 26.4 Å². The molecule has 0 spiro atoms. The van der Waals surface area contributed by atoms with Gasteiger partial charge >= 0.3 is 0 Å². The molecule has 1 N–H and O–H groups in total. The second-order valence-corrected chi connectivity index (χ2v) is 6.39. The maximum Gasteiger partial charge on any atom is 0.127 e. The van der Waals surface area contributed by atoms with E-state index < -0.39 is 0 Å². The summed E-state index contributed by atoms with van der Waals surface area (Å²) in [5, 5.41) is 4.45. The molecule has 0 fully saturated rings. The van der Waals surface area contributed by atoms with E-state index >= 15 is 0 Å². The monoisotopic (exact) mass is 300 g/mol. The van der Waals surface area contributed by atoms with Gasteiger partial charge in [-0.15, -0.1) is 11.3 Å². The molecule has 3 aromatic rings. The molecule has 0 aliphatic heterocycles. The Morgan fingerprint density at radius 3 is 2.86 bits per heavy atom. The molecule has 1 heterocycles. The van der Waals surface area contributed by atoms with Gasteiger partial charge in [-0.2, -0.15) is 0 Å². The Labute approximate surface area is 127 Å². The molecule has 21 heavy (non-hydrogen) atoms. The summed E-state index contributed by atoms with van der Waals surface area (Å²) >= 11 is 1.70. The fraction of sp³-hybridized carbons (Fsp3) is 0.235. The van der Waals surface area contributed by atoms with Crippen molar-refractivity contribution in [3.8, 4) is 0 Å². The summed E-state index contributed by atoms with van der Waals surface area (Å²) in [7, 11) is 0. The van der Waals surface area contributed by atoms with Gasteiger partial charge in [0.15, 0.2) is 0 Å². The van der Waals surface area contributed by atoms with Crippen LogP contribution in [0, 0.1) is 12.7 Å². The summed E-state index contributed by atoms with van der Waals surface area (Å²) < 4.78 is 14.9. The van der Waals surface area contributed by atoms with E-state index in [4.69, 9.17) is 0 Å². The fourth-order valence-electron chi connectivity index (χ4n) is 2.40. The third-order valence-electron chi connectivity index (χ3n) is 3.54. The molecule has 0 unspecified atom stereocenters. The van der Waals surface area contributed by atoms with Crippen LogP contribution in [0.25, 0.3) is 10.2 Å². The van der Waals surface area contributed by atoms with Crippen molar-refractivity contribution in [3.05, 3.63) is 64.4 Å². The van der Waals surface area contributed by atoms with Gasteiger partial charge in [-0.25, -0.2) is 9.37 Å². The zero-order chi connectivity index (χ0) is 14.8. The SMILES string of the molecule is Cc1nc2ccc(CN[C@H](C)c3ccccc3F)cc2s1. The van der Waals surface area contributed by atoms with Gasteiger partial charge in [0.1, 0.15) is 5.82 Å².